The molecule has 11 rings (SSSR count). The number of ether oxygens (including phenoxy) is 1. The summed E-state index contributed by atoms with van der Waals surface area (Å²) in [6.07, 6.45) is 3.06. The molecule has 386 valence electrons. The molecule has 4 aliphatic heterocycles. The Hall–Kier alpha value is -7.32. The smallest absolute Gasteiger partial charge is 0.381 e. The number of hydrogen-bond acceptors (Lipinski definition) is 11. The number of aromatic nitrogens is 5. The van der Waals surface area contributed by atoms with Gasteiger partial charge in [0, 0.05) is 108 Å². The van der Waals surface area contributed by atoms with Crippen LogP contribution in [0.3, 0.4) is 0 Å². The fraction of sp³-hybridized carbons (Fsp3) is 0.426. The third kappa shape index (κ3) is 9.00. The van der Waals surface area contributed by atoms with Gasteiger partial charge in [0.1, 0.15) is 18.2 Å². The highest BCUT2D eigenvalue weighted by atomic mass is 19.4. The number of anilines is 2. The average molecular weight is 1010 g/mol. The number of imide groups is 1. The van der Waals surface area contributed by atoms with E-state index in [1.54, 1.807) is 42.4 Å². The molecule has 0 unspecified atom stereocenters. The number of aryl methyl sites for hydroxylation is 1. The van der Waals surface area contributed by atoms with Gasteiger partial charge in [-0.05, 0) is 128 Å². The van der Waals surface area contributed by atoms with Gasteiger partial charge in [0.2, 0.25) is 11.8 Å². The Morgan fingerprint density at radius 2 is 1.58 bits per heavy atom. The zero-order chi connectivity index (χ0) is 51.6. The highest BCUT2D eigenvalue weighted by Gasteiger charge is 2.50. The van der Waals surface area contributed by atoms with Crippen LogP contribution in [0.2, 0.25) is 0 Å². The largest absolute Gasteiger partial charge is 0.418 e. The molecule has 3 saturated heterocycles. The maximum Gasteiger partial charge on any atom is 0.418 e. The SMILES string of the molecule is COC1CC(c2cccc(-n3cc4c(C(F)(F)F)cc(CN5CCC(CN(C)C(=O)c6ccc(N7CCN(c8ccc9c(c8)CN([C@H]8CCC(=O)NC8=O)C9=O)CC7)cc6)CC5)cn4c3=O)c2)(c2nncn2C)C1. The highest BCUT2D eigenvalue weighted by molar-refractivity contribution is 6.05. The second kappa shape index (κ2) is 19.2. The summed E-state index contributed by atoms with van der Waals surface area (Å²) in [5.41, 5.74) is 3.54. The van der Waals surface area contributed by atoms with Crippen molar-refractivity contribution in [2.24, 2.45) is 13.0 Å². The minimum atomic E-state index is -4.71. The third-order valence-corrected chi connectivity index (χ3v) is 16.1. The molecular weight excluding hydrogens is 956 g/mol. The van der Waals surface area contributed by atoms with Gasteiger partial charge < -0.3 is 28.9 Å². The third-order valence-electron chi connectivity index (χ3n) is 16.1. The van der Waals surface area contributed by atoms with Gasteiger partial charge in [0.15, 0.2) is 0 Å². The van der Waals surface area contributed by atoms with Crippen molar-refractivity contribution in [2.75, 3.05) is 69.8 Å². The molecule has 1 saturated carbocycles. The van der Waals surface area contributed by atoms with Crippen LogP contribution in [-0.2, 0) is 46.1 Å². The van der Waals surface area contributed by atoms with Crippen LogP contribution < -0.4 is 20.8 Å². The Labute approximate surface area is 425 Å². The minimum Gasteiger partial charge on any atom is -0.381 e. The molecule has 1 aliphatic carbocycles. The number of amides is 4. The number of rotatable bonds is 12. The molecule has 0 bridgehead atoms. The summed E-state index contributed by atoms with van der Waals surface area (Å²) in [4.78, 5) is 75.1. The number of nitrogens with one attached hydrogen (secondary N) is 1. The molecule has 4 fully saturated rings. The van der Waals surface area contributed by atoms with Crippen molar-refractivity contribution in [3.63, 3.8) is 0 Å². The number of piperazine rings is 1. The highest BCUT2D eigenvalue weighted by Crippen LogP contribution is 2.49. The number of likely N-dealkylation sites (tertiary alicyclic amines) is 1. The fourth-order valence-electron chi connectivity index (χ4n) is 11.9. The lowest BCUT2D eigenvalue weighted by Crippen LogP contribution is -2.52. The molecule has 0 radical (unpaired) electrons. The summed E-state index contributed by atoms with van der Waals surface area (Å²) in [5.74, 6) is -0.0563. The molecule has 4 amide bonds. The van der Waals surface area contributed by atoms with E-state index in [1.807, 2.05) is 66.2 Å². The number of alkyl halides is 3. The minimum absolute atomic E-state index is 0.00391. The first-order valence-corrected chi connectivity index (χ1v) is 25.2. The molecular formula is C54H58F3N11O6. The van der Waals surface area contributed by atoms with Gasteiger partial charge >= 0.3 is 11.9 Å². The van der Waals surface area contributed by atoms with Gasteiger partial charge in [-0.15, -0.1) is 10.2 Å². The van der Waals surface area contributed by atoms with Crippen LogP contribution in [0.5, 0.6) is 0 Å². The molecule has 17 nitrogen and oxygen atoms in total. The van der Waals surface area contributed by atoms with E-state index >= 15 is 0 Å². The number of benzene rings is 3. The first-order chi connectivity index (χ1) is 35.6. The van der Waals surface area contributed by atoms with E-state index in [4.69, 9.17) is 4.74 Å². The lowest BCUT2D eigenvalue weighted by atomic mass is 9.62. The van der Waals surface area contributed by atoms with Crippen molar-refractivity contribution < 1.29 is 37.1 Å². The van der Waals surface area contributed by atoms with E-state index in [-0.39, 0.29) is 48.2 Å². The first kappa shape index (κ1) is 48.9. The summed E-state index contributed by atoms with van der Waals surface area (Å²) in [7, 11) is 5.33. The molecule has 74 heavy (non-hydrogen) atoms. The second-order valence-corrected chi connectivity index (χ2v) is 20.6. The maximum atomic E-state index is 14.8. The number of carbonyl (C=O) groups excluding carboxylic acids is 4. The number of fused-ring (bicyclic) bond motifs is 2. The van der Waals surface area contributed by atoms with E-state index in [1.165, 1.54) is 17.0 Å². The topological polar surface area (TPSA) is 163 Å². The number of halogens is 3. The van der Waals surface area contributed by atoms with Crippen molar-refractivity contribution in [1.82, 2.24) is 43.7 Å². The first-order valence-electron chi connectivity index (χ1n) is 25.2. The molecule has 6 aromatic rings. The van der Waals surface area contributed by atoms with Gasteiger partial charge in [-0.25, -0.2) is 4.79 Å². The monoisotopic (exact) mass is 1010 g/mol. The lowest BCUT2D eigenvalue weighted by Gasteiger charge is -2.46. The predicted molar refractivity (Wildman–Crippen MR) is 268 cm³/mol. The van der Waals surface area contributed by atoms with Crippen molar-refractivity contribution >= 4 is 40.5 Å². The van der Waals surface area contributed by atoms with Crippen LogP contribution in [0, 0.1) is 5.92 Å². The second-order valence-electron chi connectivity index (χ2n) is 20.6. The van der Waals surface area contributed by atoms with E-state index in [0.29, 0.717) is 67.8 Å². The van der Waals surface area contributed by atoms with E-state index in [2.05, 4.69) is 30.2 Å². The number of methoxy groups -OCH3 is 1. The number of pyridine rings is 1. The van der Waals surface area contributed by atoms with E-state index in [9.17, 15) is 37.1 Å². The van der Waals surface area contributed by atoms with Crippen molar-refractivity contribution in [3.05, 3.63) is 141 Å². The van der Waals surface area contributed by atoms with Gasteiger partial charge in [0.05, 0.1) is 28.3 Å². The van der Waals surface area contributed by atoms with Crippen molar-refractivity contribution in [1.29, 1.82) is 0 Å². The number of hydrogen-bond donors (Lipinski definition) is 1. The van der Waals surface area contributed by atoms with Crippen LogP contribution in [0.4, 0.5) is 24.5 Å². The van der Waals surface area contributed by atoms with E-state index in [0.717, 1.165) is 77.8 Å². The Bertz CT molecular complexity index is 3220. The fourth-order valence-corrected chi connectivity index (χ4v) is 11.9. The lowest BCUT2D eigenvalue weighted by molar-refractivity contribution is -0.137. The maximum absolute atomic E-state index is 14.8. The zero-order valence-electron chi connectivity index (χ0n) is 41.6. The molecule has 0 spiro atoms. The van der Waals surface area contributed by atoms with Crippen LogP contribution in [0.25, 0.3) is 11.2 Å². The Morgan fingerprint density at radius 1 is 0.865 bits per heavy atom. The van der Waals surface area contributed by atoms with Crippen molar-refractivity contribution in [2.45, 2.75) is 75.4 Å². The normalized spacial score (nSPS) is 21.8. The Balaban J connectivity index is 0.686. The average Bonchev–Trinajstić information content (AvgIpc) is 4.07. The quantitative estimate of drug-likeness (QED) is 0.156. The molecule has 3 aromatic heterocycles. The summed E-state index contributed by atoms with van der Waals surface area (Å²) >= 11 is 0. The molecule has 7 heterocycles. The number of imidazole rings is 1. The summed E-state index contributed by atoms with van der Waals surface area (Å²) in [6, 6.07) is 21.3. The summed E-state index contributed by atoms with van der Waals surface area (Å²) < 4.78 is 54.2. The van der Waals surface area contributed by atoms with Gasteiger partial charge in [-0.2, -0.15) is 13.2 Å². The van der Waals surface area contributed by atoms with Gasteiger partial charge in [-0.3, -0.25) is 38.4 Å². The van der Waals surface area contributed by atoms with Gasteiger partial charge in [-0.1, -0.05) is 12.1 Å². The van der Waals surface area contributed by atoms with E-state index < -0.39 is 34.8 Å². The van der Waals surface area contributed by atoms with Crippen molar-refractivity contribution in [3.8, 4) is 5.69 Å². The Morgan fingerprint density at radius 3 is 2.26 bits per heavy atom. The molecule has 1 atom stereocenters. The number of nitrogens with zero attached hydrogens (tertiary/aromatic N) is 10. The molecule has 1 N–H and O–H groups in total. The number of piperidine rings is 2. The standard InChI is InChI=1S/C54H58F3N11O6/c1-61(49(71)36-7-9-39(10-8-36)64-19-21-65(22-20-64)40-11-12-43-37(24-40)31-67(50(43)72)45-13-14-47(69)59-48(45)70)28-34-15-17-63(18-16-34)29-35-23-44(54(55,56)57)46-32-66(52(73)68(46)30-35)41-6-4-5-38(25-41)53(26-42(27-53)74-3)51-60-58-33-62(51)2/h4-12,23-25,30,32-34,42,45H,13-22,26-29,31H2,1-3H3,(H,59,69,70)/t42?,45-,53?/m0/s1. The van der Waals surface area contributed by atoms with Crippen LogP contribution in [-0.4, -0.2) is 134 Å². The number of carbonyl (C=O) groups is 4. The molecule has 5 aliphatic rings. The summed E-state index contributed by atoms with van der Waals surface area (Å²) in [6.45, 7) is 5.39. The van der Waals surface area contributed by atoms with Crippen LogP contribution in [0.15, 0.2) is 96.3 Å². The predicted octanol–water partition coefficient (Wildman–Crippen LogP) is 5.40. The zero-order valence-corrected chi connectivity index (χ0v) is 41.6. The molecule has 3 aromatic carbocycles. The van der Waals surface area contributed by atoms with Gasteiger partial charge in [0.25, 0.3) is 11.8 Å². The van der Waals surface area contributed by atoms with Crippen LogP contribution >= 0.6 is 0 Å². The van der Waals surface area contributed by atoms with Crippen LogP contribution in [0.1, 0.15) is 87.3 Å². The molecule has 20 heteroatoms. The summed E-state index contributed by atoms with van der Waals surface area (Å²) in [5, 5.41) is 10.8. The Kier molecular flexibility index (Phi) is 12.7.